The number of benzene rings is 1. The van der Waals surface area contributed by atoms with Crippen LogP contribution in [-0.2, 0) is 32.1 Å². The number of aliphatic hydroxyl groups is 1. The van der Waals surface area contributed by atoms with Crippen molar-refractivity contribution in [2.45, 2.75) is 46.6 Å². The van der Waals surface area contributed by atoms with Crippen LogP contribution in [0.1, 0.15) is 44.9 Å². The fourth-order valence-electron chi connectivity index (χ4n) is 4.13. The molecule has 3 rings (SSSR count). The summed E-state index contributed by atoms with van der Waals surface area (Å²) < 4.78 is 15.1. The minimum Gasteiger partial charge on any atom is -0.511 e. The zero-order valence-corrected chi connectivity index (χ0v) is 22.1. The van der Waals surface area contributed by atoms with Gasteiger partial charge in [0.15, 0.2) is 11.6 Å². The zero-order chi connectivity index (χ0) is 28.7. The van der Waals surface area contributed by atoms with E-state index in [1.807, 2.05) is 13.8 Å². The minimum absolute atomic E-state index is 0.0162. The number of allylic oxidation sites excluding steroid dienone is 2. The summed E-state index contributed by atoms with van der Waals surface area (Å²) in [6.45, 7) is 4.95. The van der Waals surface area contributed by atoms with Gasteiger partial charge >= 0.3 is 6.16 Å². The van der Waals surface area contributed by atoms with Gasteiger partial charge in [0.05, 0.1) is 33.8 Å². The van der Waals surface area contributed by atoms with Crippen molar-refractivity contribution in [2.75, 3.05) is 13.7 Å². The monoisotopic (exact) mass is 539 g/mol. The number of aromatic nitrogens is 1. The largest absolute Gasteiger partial charge is 0.514 e. The first kappa shape index (κ1) is 29.1. The van der Waals surface area contributed by atoms with E-state index in [4.69, 9.17) is 14.2 Å². The summed E-state index contributed by atoms with van der Waals surface area (Å²) >= 11 is 0. The van der Waals surface area contributed by atoms with E-state index < -0.39 is 11.1 Å². The Balaban J connectivity index is 1.79. The minimum atomic E-state index is -1.07. The first-order chi connectivity index (χ1) is 18.4. The quantitative estimate of drug-likeness (QED) is 0.146. The van der Waals surface area contributed by atoms with Crippen LogP contribution in [0, 0.1) is 15.5 Å². The third-order valence-corrected chi connectivity index (χ3v) is 5.82. The molecule has 12 heteroatoms. The molecule has 1 N–H and O–H groups in total. The maximum absolute atomic E-state index is 12.7. The van der Waals surface area contributed by atoms with Gasteiger partial charge in [-0.1, -0.05) is 13.8 Å². The molecule has 0 unspecified atom stereocenters. The van der Waals surface area contributed by atoms with Crippen LogP contribution in [0.4, 0.5) is 16.2 Å². The van der Waals surface area contributed by atoms with E-state index >= 15 is 0 Å². The molecule has 1 aromatic carbocycles. The highest BCUT2D eigenvalue weighted by Crippen LogP contribution is 2.36. The third-order valence-electron chi connectivity index (χ3n) is 5.82. The molecule has 2 aromatic rings. The molecule has 0 atom stereocenters. The average molecular weight is 540 g/mol. The molecular formula is C27H29N3O9. The van der Waals surface area contributed by atoms with Gasteiger partial charge in [-0.2, -0.15) is 0 Å². The van der Waals surface area contributed by atoms with Gasteiger partial charge in [0, 0.05) is 38.5 Å². The predicted molar refractivity (Wildman–Crippen MR) is 139 cm³/mol. The Kier molecular flexibility index (Phi) is 9.25. The van der Waals surface area contributed by atoms with Gasteiger partial charge in [-0.05, 0) is 36.1 Å². The van der Waals surface area contributed by atoms with Gasteiger partial charge in [-0.15, -0.1) is 0 Å². The van der Waals surface area contributed by atoms with Crippen LogP contribution in [0.2, 0.25) is 0 Å². The fraction of sp³-hybridized carbons (Fsp3) is 0.370. The van der Waals surface area contributed by atoms with E-state index in [0.717, 1.165) is 0 Å². The first-order valence-electron chi connectivity index (χ1n) is 12.0. The summed E-state index contributed by atoms with van der Waals surface area (Å²) in [5.74, 6) is -0.424. The van der Waals surface area contributed by atoms with E-state index in [1.165, 1.54) is 37.6 Å². The van der Waals surface area contributed by atoms with Crippen molar-refractivity contribution in [1.29, 1.82) is 0 Å². The first-order valence-corrected chi connectivity index (χ1v) is 12.0. The number of rotatable bonds is 10. The lowest BCUT2D eigenvalue weighted by molar-refractivity contribution is -0.384. The van der Waals surface area contributed by atoms with Gasteiger partial charge in [-0.3, -0.25) is 29.7 Å². The Labute approximate surface area is 224 Å². The van der Waals surface area contributed by atoms with E-state index in [2.05, 4.69) is 9.98 Å². The number of hydrogen-bond acceptors (Lipinski definition) is 11. The normalized spacial score (nSPS) is 15.2. The van der Waals surface area contributed by atoms with Crippen molar-refractivity contribution in [3.63, 3.8) is 0 Å². The van der Waals surface area contributed by atoms with Crippen molar-refractivity contribution >= 4 is 34.8 Å². The standard InChI is InChI=1S/C27H29N3O9/c1-16(25-23(32)11-27(2,3)12-24(25)33)29-18-9-17(10-20(31)14-37-4)22(28-13-18)15-38-26(34)39-21-7-5-19(6-8-21)30(35)36/h5-9,13,32H,10-12,14-15H2,1-4H3. The Bertz CT molecular complexity index is 1340. The fourth-order valence-corrected chi connectivity index (χ4v) is 4.13. The van der Waals surface area contributed by atoms with Crippen LogP contribution in [0.3, 0.4) is 0 Å². The lowest BCUT2D eigenvalue weighted by Gasteiger charge is -2.29. The van der Waals surface area contributed by atoms with E-state index in [9.17, 15) is 29.6 Å². The molecular weight excluding hydrogens is 510 g/mol. The molecule has 12 nitrogen and oxygen atoms in total. The van der Waals surface area contributed by atoms with Crippen LogP contribution < -0.4 is 4.74 Å². The highest BCUT2D eigenvalue weighted by Gasteiger charge is 2.34. The van der Waals surface area contributed by atoms with Crippen molar-refractivity contribution in [3.05, 3.63) is 69.2 Å². The average Bonchev–Trinajstić information content (AvgIpc) is 2.82. The smallest absolute Gasteiger partial charge is 0.511 e. The van der Waals surface area contributed by atoms with Crippen molar-refractivity contribution in [1.82, 2.24) is 4.98 Å². The highest BCUT2D eigenvalue weighted by atomic mass is 16.7. The predicted octanol–water partition coefficient (Wildman–Crippen LogP) is 4.76. The number of carbonyl (C=O) groups excluding carboxylic acids is 3. The molecule has 1 aromatic heterocycles. The van der Waals surface area contributed by atoms with E-state index in [1.54, 1.807) is 13.0 Å². The number of Topliss-reactive ketones (excluding diaryl/α,β-unsaturated/α-hetero) is 2. The Morgan fingerprint density at radius 3 is 2.51 bits per heavy atom. The Hall–Kier alpha value is -4.45. The number of aliphatic imine (C=N–C) groups is 1. The molecule has 1 aliphatic rings. The molecule has 1 aliphatic carbocycles. The van der Waals surface area contributed by atoms with E-state index in [-0.39, 0.29) is 71.5 Å². The number of aliphatic hydroxyl groups excluding tert-OH is 1. The molecule has 0 bridgehead atoms. The number of carbonyl (C=O) groups is 3. The number of nitrogens with zero attached hydrogens (tertiary/aromatic N) is 3. The molecule has 0 radical (unpaired) electrons. The second-order valence-corrected chi connectivity index (χ2v) is 9.80. The third kappa shape index (κ3) is 8.01. The van der Waals surface area contributed by atoms with Crippen LogP contribution in [0.25, 0.3) is 0 Å². The lowest BCUT2D eigenvalue weighted by Crippen LogP contribution is -2.28. The summed E-state index contributed by atoms with van der Waals surface area (Å²) in [4.78, 5) is 56.0. The summed E-state index contributed by atoms with van der Waals surface area (Å²) in [5.41, 5.74) is 1.02. The summed E-state index contributed by atoms with van der Waals surface area (Å²) in [6, 6.07) is 6.46. The van der Waals surface area contributed by atoms with Crippen LogP contribution in [0.5, 0.6) is 5.75 Å². The number of nitro groups is 1. The van der Waals surface area contributed by atoms with Gasteiger partial charge in [-0.25, -0.2) is 4.79 Å². The lowest BCUT2D eigenvalue weighted by atomic mass is 9.76. The van der Waals surface area contributed by atoms with Gasteiger partial charge in [0.25, 0.3) is 5.69 Å². The molecule has 206 valence electrons. The van der Waals surface area contributed by atoms with Crippen LogP contribution in [0.15, 0.2) is 52.9 Å². The summed E-state index contributed by atoms with van der Waals surface area (Å²) in [5, 5.41) is 21.2. The Morgan fingerprint density at radius 1 is 1.21 bits per heavy atom. The van der Waals surface area contributed by atoms with E-state index in [0.29, 0.717) is 23.4 Å². The topological polar surface area (TPSA) is 168 Å². The van der Waals surface area contributed by atoms with Crippen LogP contribution in [-0.4, -0.2) is 52.2 Å². The molecule has 0 amide bonds. The summed E-state index contributed by atoms with van der Waals surface area (Å²) in [6.07, 6.45) is 0.866. The maximum atomic E-state index is 12.7. The number of ketones is 2. The molecule has 0 saturated carbocycles. The van der Waals surface area contributed by atoms with Crippen molar-refractivity contribution in [2.24, 2.45) is 10.4 Å². The molecule has 39 heavy (non-hydrogen) atoms. The number of hydrogen-bond donors (Lipinski definition) is 1. The van der Waals surface area contributed by atoms with Gasteiger partial charge in [0.2, 0.25) is 0 Å². The van der Waals surface area contributed by atoms with Crippen molar-refractivity contribution in [3.8, 4) is 5.75 Å². The second kappa shape index (κ2) is 12.4. The number of methoxy groups -OCH3 is 1. The molecule has 0 aliphatic heterocycles. The maximum Gasteiger partial charge on any atom is 0.514 e. The number of ether oxygens (including phenoxy) is 3. The van der Waals surface area contributed by atoms with Gasteiger partial charge in [0.1, 0.15) is 24.7 Å². The summed E-state index contributed by atoms with van der Waals surface area (Å²) in [7, 11) is 1.39. The molecule has 1 heterocycles. The molecule has 0 spiro atoms. The number of non-ortho nitro benzene ring substituents is 1. The second-order valence-electron chi connectivity index (χ2n) is 9.80. The van der Waals surface area contributed by atoms with Crippen molar-refractivity contribution < 1.29 is 38.6 Å². The number of pyridine rings is 1. The SMILES string of the molecule is COCC(=O)Cc1cc(N=C(C)C2=C(O)CC(C)(C)CC2=O)cnc1COC(=O)Oc1ccc([N+](=O)[O-])cc1. The number of nitro benzene ring substituents is 1. The van der Waals surface area contributed by atoms with Crippen LogP contribution >= 0.6 is 0 Å². The molecule has 0 fully saturated rings. The highest BCUT2D eigenvalue weighted by molar-refractivity contribution is 6.23. The van der Waals surface area contributed by atoms with Gasteiger partial charge < -0.3 is 19.3 Å². The zero-order valence-electron chi connectivity index (χ0n) is 22.1. The molecule has 0 saturated heterocycles. The Morgan fingerprint density at radius 2 is 1.90 bits per heavy atom.